The zero-order valence-electron chi connectivity index (χ0n) is 11.6. The summed E-state index contributed by atoms with van der Waals surface area (Å²) in [4.78, 5) is 6.54. The van der Waals surface area contributed by atoms with Crippen molar-refractivity contribution < 1.29 is 8.91 Å². The highest BCUT2D eigenvalue weighted by atomic mass is 19.1. The molecule has 0 spiro atoms. The second kappa shape index (κ2) is 5.71. The van der Waals surface area contributed by atoms with Crippen molar-refractivity contribution in [3.8, 4) is 0 Å². The molecule has 2 aromatic rings. The fraction of sp³-hybridized carbons (Fsp3) is 0.467. The number of rotatable bonds is 6. The first-order valence-corrected chi connectivity index (χ1v) is 7.05. The van der Waals surface area contributed by atoms with Gasteiger partial charge in [0.05, 0.1) is 6.54 Å². The van der Waals surface area contributed by atoms with Crippen LogP contribution in [0.25, 0.3) is 0 Å². The van der Waals surface area contributed by atoms with Crippen LogP contribution in [0.4, 0.5) is 4.39 Å². The van der Waals surface area contributed by atoms with Crippen LogP contribution in [0.3, 0.4) is 0 Å². The van der Waals surface area contributed by atoms with Crippen LogP contribution in [-0.4, -0.2) is 21.1 Å². The molecule has 1 aromatic heterocycles. The lowest BCUT2D eigenvalue weighted by atomic mass is 10.2. The van der Waals surface area contributed by atoms with Gasteiger partial charge in [-0.25, -0.2) is 4.39 Å². The van der Waals surface area contributed by atoms with Crippen molar-refractivity contribution in [2.75, 3.05) is 0 Å². The summed E-state index contributed by atoms with van der Waals surface area (Å²) < 4.78 is 19.0. The first kappa shape index (κ1) is 13.2. The van der Waals surface area contributed by atoms with E-state index in [1.165, 1.54) is 6.07 Å². The second-order valence-corrected chi connectivity index (χ2v) is 5.19. The van der Waals surface area contributed by atoms with Crippen molar-refractivity contribution in [3.05, 3.63) is 47.4 Å². The molecule has 0 unspecified atom stereocenters. The van der Waals surface area contributed by atoms with Crippen LogP contribution in [0.2, 0.25) is 0 Å². The third kappa shape index (κ3) is 3.04. The molecule has 20 heavy (non-hydrogen) atoms. The van der Waals surface area contributed by atoms with E-state index in [1.807, 2.05) is 19.1 Å². The highest BCUT2D eigenvalue weighted by Gasteiger charge is 2.30. The van der Waals surface area contributed by atoms with E-state index in [0.717, 1.165) is 30.7 Å². The largest absolute Gasteiger partial charge is 0.338 e. The monoisotopic (exact) mass is 275 g/mol. The van der Waals surface area contributed by atoms with Gasteiger partial charge in [-0.05, 0) is 18.9 Å². The minimum Gasteiger partial charge on any atom is -0.338 e. The minimum atomic E-state index is -0.155. The van der Waals surface area contributed by atoms with Crippen molar-refractivity contribution in [2.45, 2.75) is 45.3 Å². The zero-order chi connectivity index (χ0) is 13.9. The zero-order valence-corrected chi connectivity index (χ0v) is 11.6. The summed E-state index contributed by atoms with van der Waals surface area (Å²) >= 11 is 0. The van der Waals surface area contributed by atoms with E-state index in [1.54, 1.807) is 6.07 Å². The van der Waals surface area contributed by atoms with Crippen LogP contribution >= 0.6 is 0 Å². The van der Waals surface area contributed by atoms with Gasteiger partial charge in [-0.15, -0.1) is 0 Å². The Hall–Kier alpha value is -1.75. The van der Waals surface area contributed by atoms with Crippen molar-refractivity contribution >= 4 is 0 Å². The van der Waals surface area contributed by atoms with E-state index in [9.17, 15) is 4.39 Å². The van der Waals surface area contributed by atoms with Gasteiger partial charge in [0.25, 0.3) is 0 Å². The molecular weight excluding hydrogens is 257 g/mol. The van der Waals surface area contributed by atoms with Crippen LogP contribution < -0.4 is 0 Å². The number of nitrogens with zero attached hydrogens (tertiary/aromatic N) is 3. The van der Waals surface area contributed by atoms with Gasteiger partial charge in [0.15, 0.2) is 5.82 Å². The predicted octanol–water partition coefficient (Wildman–Crippen LogP) is 2.94. The summed E-state index contributed by atoms with van der Waals surface area (Å²) in [6.45, 7) is 3.17. The fourth-order valence-electron chi connectivity index (χ4n) is 2.27. The predicted molar refractivity (Wildman–Crippen MR) is 72.3 cm³/mol. The Bertz CT molecular complexity index is 580. The SMILES string of the molecule is CCc1noc(CN(Cc2ccccc2F)C2CC2)n1. The Kier molecular flexibility index (Phi) is 3.78. The summed E-state index contributed by atoms with van der Waals surface area (Å²) in [6.07, 6.45) is 3.08. The van der Waals surface area contributed by atoms with Gasteiger partial charge in [0.1, 0.15) is 5.82 Å². The summed E-state index contributed by atoms with van der Waals surface area (Å²) in [5, 5.41) is 3.91. The van der Waals surface area contributed by atoms with E-state index in [2.05, 4.69) is 15.0 Å². The first-order valence-electron chi connectivity index (χ1n) is 7.05. The molecule has 4 nitrogen and oxygen atoms in total. The van der Waals surface area contributed by atoms with E-state index in [4.69, 9.17) is 4.52 Å². The first-order chi connectivity index (χ1) is 9.76. The number of aryl methyl sites for hydroxylation is 1. The van der Waals surface area contributed by atoms with Crippen LogP contribution in [0.1, 0.15) is 37.0 Å². The molecule has 1 aliphatic rings. The number of benzene rings is 1. The Morgan fingerprint density at radius 3 is 2.75 bits per heavy atom. The van der Waals surface area contributed by atoms with Crippen LogP contribution in [0, 0.1) is 5.82 Å². The van der Waals surface area contributed by atoms with Crippen molar-refractivity contribution in [2.24, 2.45) is 0 Å². The molecule has 3 rings (SSSR count). The van der Waals surface area contributed by atoms with Gasteiger partial charge in [-0.3, -0.25) is 4.90 Å². The third-order valence-corrected chi connectivity index (χ3v) is 3.56. The summed E-state index contributed by atoms with van der Waals surface area (Å²) in [6, 6.07) is 7.42. The maximum atomic E-state index is 13.8. The molecule has 0 aliphatic heterocycles. The van der Waals surface area contributed by atoms with Gasteiger partial charge in [0, 0.05) is 24.6 Å². The van der Waals surface area contributed by atoms with Gasteiger partial charge in [-0.1, -0.05) is 30.3 Å². The molecule has 1 fully saturated rings. The summed E-state index contributed by atoms with van der Waals surface area (Å²) in [5.41, 5.74) is 0.717. The van der Waals surface area contributed by atoms with Crippen molar-refractivity contribution in [1.29, 1.82) is 0 Å². The van der Waals surface area contributed by atoms with E-state index in [0.29, 0.717) is 25.0 Å². The van der Waals surface area contributed by atoms with Gasteiger partial charge in [0.2, 0.25) is 5.89 Å². The number of hydrogen-bond acceptors (Lipinski definition) is 4. The maximum Gasteiger partial charge on any atom is 0.240 e. The lowest BCUT2D eigenvalue weighted by Gasteiger charge is -2.20. The highest BCUT2D eigenvalue weighted by molar-refractivity contribution is 5.17. The molecular formula is C15H18FN3O. The van der Waals surface area contributed by atoms with Gasteiger partial charge in [-0.2, -0.15) is 4.98 Å². The molecule has 1 aliphatic carbocycles. The fourth-order valence-corrected chi connectivity index (χ4v) is 2.27. The van der Waals surface area contributed by atoms with E-state index in [-0.39, 0.29) is 5.82 Å². The molecule has 0 radical (unpaired) electrons. The lowest BCUT2D eigenvalue weighted by molar-refractivity contribution is 0.207. The molecule has 106 valence electrons. The number of halogens is 1. The van der Waals surface area contributed by atoms with Crippen LogP contribution in [0.5, 0.6) is 0 Å². The number of hydrogen-bond donors (Lipinski definition) is 0. The van der Waals surface area contributed by atoms with Gasteiger partial charge < -0.3 is 4.52 Å². The van der Waals surface area contributed by atoms with Crippen LogP contribution in [0.15, 0.2) is 28.8 Å². The molecule has 1 heterocycles. The topological polar surface area (TPSA) is 42.2 Å². The number of aromatic nitrogens is 2. The molecule has 0 N–H and O–H groups in total. The second-order valence-electron chi connectivity index (χ2n) is 5.19. The van der Waals surface area contributed by atoms with Crippen molar-refractivity contribution in [3.63, 3.8) is 0 Å². The highest BCUT2D eigenvalue weighted by Crippen LogP contribution is 2.30. The average molecular weight is 275 g/mol. The van der Waals surface area contributed by atoms with Gasteiger partial charge >= 0.3 is 0 Å². The van der Waals surface area contributed by atoms with Crippen molar-refractivity contribution in [1.82, 2.24) is 15.0 Å². The minimum absolute atomic E-state index is 0.155. The Labute approximate surface area is 117 Å². The normalized spacial score (nSPS) is 14.9. The molecule has 0 amide bonds. The van der Waals surface area contributed by atoms with E-state index < -0.39 is 0 Å². The van der Waals surface area contributed by atoms with E-state index >= 15 is 0 Å². The maximum absolute atomic E-state index is 13.8. The smallest absolute Gasteiger partial charge is 0.240 e. The Balaban J connectivity index is 1.71. The lowest BCUT2D eigenvalue weighted by Crippen LogP contribution is -2.25. The molecule has 1 aromatic carbocycles. The molecule has 1 saturated carbocycles. The molecule has 5 heteroatoms. The van der Waals surface area contributed by atoms with Crippen LogP contribution in [-0.2, 0) is 19.5 Å². The average Bonchev–Trinajstić information content (AvgIpc) is 3.21. The Morgan fingerprint density at radius 1 is 1.30 bits per heavy atom. The molecule has 0 atom stereocenters. The Morgan fingerprint density at radius 2 is 2.10 bits per heavy atom. The summed E-state index contributed by atoms with van der Waals surface area (Å²) in [5.74, 6) is 1.18. The summed E-state index contributed by atoms with van der Waals surface area (Å²) in [7, 11) is 0. The molecule has 0 bridgehead atoms. The third-order valence-electron chi connectivity index (χ3n) is 3.56. The molecule has 0 saturated heterocycles. The standard InChI is InChI=1S/C15H18FN3O/c1-2-14-17-15(20-18-14)10-19(12-7-8-12)9-11-5-3-4-6-13(11)16/h3-6,12H,2,7-10H2,1H3. The quantitative estimate of drug-likeness (QED) is 0.813.